The first-order chi connectivity index (χ1) is 6.77. The van der Waals surface area contributed by atoms with E-state index in [0.717, 1.165) is 23.4 Å². The summed E-state index contributed by atoms with van der Waals surface area (Å²) >= 11 is 0. The second-order valence-corrected chi connectivity index (χ2v) is 3.53. The van der Waals surface area contributed by atoms with Crippen molar-refractivity contribution in [3.8, 4) is 0 Å². The molecule has 2 N–H and O–H groups in total. The normalized spacial score (nSPS) is 21.9. The topological polar surface area (TPSA) is 45.2 Å². The van der Waals surface area contributed by atoms with Crippen molar-refractivity contribution in [1.82, 2.24) is 10.3 Å². The van der Waals surface area contributed by atoms with Crippen molar-refractivity contribution in [3.05, 3.63) is 35.7 Å². The van der Waals surface area contributed by atoms with E-state index in [4.69, 9.17) is 0 Å². The first-order valence-corrected chi connectivity index (χ1v) is 4.79. The Bertz CT molecular complexity index is 360. The molecule has 3 nitrogen and oxygen atoms in total. The second-order valence-electron chi connectivity index (χ2n) is 3.53. The van der Waals surface area contributed by atoms with Crippen molar-refractivity contribution >= 4 is 5.57 Å². The maximum absolute atomic E-state index is 9.47. The predicted octanol–water partition coefficient (Wildman–Crippen LogP) is 0.738. The molecule has 1 aromatic heterocycles. The van der Waals surface area contributed by atoms with Crippen LogP contribution in [0.5, 0.6) is 0 Å². The van der Waals surface area contributed by atoms with Gasteiger partial charge >= 0.3 is 0 Å². The Hall–Kier alpha value is -1.19. The van der Waals surface area contributed by atoms with Crippen molar-refractivity contribution in [1.29, 1.82) is 0 Å². The average Bonchev–Trinajstić information content (AvgIpc) is 2.18. The Morgan fingerprint density at radius 1 is 1.57 bits per heavy atom. The predicted molar refractivity (Wildman–Crippen MR) is 55.8 cm³/mol. The molecular formula is C11H14N2O. The van der Waals surface area contributed by atoms with E-state index in [2.05, 4.69) is 10.3 Å². The lowest BCUT2D eigenvalue weighted by atomic mass is 10.0. The molecule has 0 spiro atoms. The zero-order chi connectivity index (χ0) is 9.97. The number of aliphatic hydroxyl groups is 1. The van der Waals surface area contributed by atoms with E-state index < -0.39 is 0 Å². The Morgan fingerprint density at radius 3 is 3.14 bits per heavy atom. The zero-order valence-corrected chi connectivity index (χ0v) is 8.20. The number of hydrogen-bond donors (Lipinski definition) is 2. The van der Waals surface area contributed by atoms with Gasteiger partial charge < -0.3 is 10.4 Å². The van der Waals surface area contributed by atoms with Gasteiger partial charge in [-0.2, -0.15) is 0 Å². The molecule has 0 bridgehead atoms. The van der Waals surface area contributed by atoms with Gasteiger partial charge in [-0.1, -0.05) is 6.07 Å². The summed E-state index contributed by atoms with van der Waals surface area (Å²) in [4.78, 5) is 4.23. The van der Waals surface area contributed by atoms with Gasteiger partial charge in [0.15, 0.2) is 0 Å². The Morgan fingerprint density at radius 2 is 2.43 bits per heavy atom. The third-order valence-corrected chi connectivity index (χ3v) is 2.42. The van der Waals surface area contributed by atoms with Gasteiger partial charge in [0.25, 0.3) is 0 Å². The summed E-state index contributed by atoms with van der Waals surface area (Å²) in [5.41, 5.74) is 3.27. The summed E-state index contributed by atoms with van der Waals surface area (Å²) in [6.07, 6.45) is 3.31. The fourth-order valence-electron chi connectivity index (χ4n) is 1.71. The number of aryl methyl sites for hydroxylation is 1. The largest absolute Gasteiger partial charge is 0.388 e. The van der Waals surface area contributed by atoms with Crippen LogP contribution < -0.4 is 5.32 Å². The first-order valence-electron chi connectivity index (χ1n) is 4.79. The molecule has 0 fully saturated rings. The lowest BCUT2D eigenvalue weighted by molar-refractivity contribution is 0.217. The highest BCUT2D eigenvalue weighted by molar-refractivity contribution is 5.69. The summed E-state index contributed by atoms with van der Waals surface area (Å²) in [5.74, 6) is 0. The summed E-state index contributed by atoms with van der Waals surface area (Å²) in [6, 6.07) is 3.96. The average molecular weight is 190 g/mol. The molecule has 0 amide bonds. The molecule has 0 aliphatic carbocycles. The summed E-state index contributed by atoms with van der Waals surface area (Å²) in [5, 5.41) is 12.6. The van der Waals surface area contributed by atoms with E-state index in [-0.39, 0.29) is 6.10 Å². The third kappa shape index (κ3) is 1.84. The van der Waals surface area contributed by atoms with Crippen LogP contribution in [0.15, 0.2) is 24.4 Å². The van der Waals surface area contributed by atoms with E-state index in [1.54, 1.807) is 6.20 Å². The van der Waals surface area contributed by atoms with Gasteiger partial charge in [0.2, 0.25) is 0 Å². The number of pyridine rings is 1. The molecule has 14 heavy (non-hydrogen) atoms. The molecule has 1 aromatic rings. The number of aliphatic hydroxyl groups excluding tert-OH is 1. The van der Waals surface area contributed by atoms with Gasteiger partial charge in [0, 0.05) is 25.0 Å². The minimum atomic E-state index is -0.377. The van der Waals surface area contributed by atoms with Gasteiger partial charge in [-0.3, -0.25) is 4.98 Å². The maximum atomic E-state index is 9.47. The molecule has 2 rings (SSSR count). The van der Waals surface area contributed by atoms with Crippen molar-refractivity contribution in [3.63, 3.8) is 0 Å². The highest BCUT2D eigenvalue weighted by atomic mass is 16.3. The number of nitrogens with one attached hydrogen (secondary N) is 1. The lowest BCUT2D eigenvalue weighted by Gasteiger charge is -2.19. The van der Waals surface area contributed by atoms with Crippen LogP contribution in [0, 0.1) is 6.92 Å². The van der Waals surface area contributed by atoms with Crippen LogP contribution in [-0.4, -0.2) is 29.3 Å². The van der Waals surface area contributed by atoms with Crippen LogP contribution in [0.3, 0.4) is 0 Å². The Labute approximate surface area is 83.5 Å². The Kier molecular flexibility index (Phi) is 2.61. The smallest absolute Gasteiger partial charge is 0.0851 e. The van der Waals surface area contributed by atoms with E-state index >= 15 is 0 Å². The SMILES string of the molecule is Cc1ncccc1C1=CC(O)CNC1. The Balaban J connectivity index is 2.35. The van der Waals surface area contributed by atoms with Crippen LogP contribution >= 0.6 is 0 Å². The highest BCUT2D eigenvalue weighted by Gasteiger charge is 2.12. The van der Waals surface area contributed by atoms with Crippen LogP contribution in [0.25, 0.3) is 5.57 Å². The van der Waals surface area contributed by atoms with E-state index in [1.807, 2.05) is 25.1 Å². The minimum Gasteiger partial charge on any atom is -0.388 e. The number of β-amino-alcohol motifs (C(OH)–C–C–N with tert-alkyl or cyclic N) is 1. The van der Waals surface area contributed by atoms with Gasteiger partial charge in [-0.15, -0.1) is 0 Å². The van der Waals surface area contributed by atoms with Gasteiger partial charge in [0.1, 0.15) is 0 Å². The van der Waals surface area contributed by atoms with Crippen LogP contribution in [0.1, 0.15) is 11.3 Å². The van der Waals surface area contributed by atoms with E-state index in [0.29, 0.717) is 6.54 Å². The molecule has 1 aliphatic heterocycles. The van der Waals surface area contributed by atoms with Crippen LogP contribution in [0.4, 0.5) is 0 Å². The molecule has 0 saturated heterocycles. The molecule has 74 valence electrons. The van der Waals surface area contributed by atoms with Crippen molar-refractivity contribution in [2.75, 3.05) is 13.1 Å². The fraction of sp³-hybridized carbons (Fsp3) is 0.364. The monoisotopic (exact) mass is 190 g/mol. The highest BCUT2D eigenvalue weighted by Crippen LogP contribution is 2.18. The minimum absolute atomic E-state index is 0.377. The molecule has 0 radical (unpaired) electrons. The second kappa shape index (κ2) is 3.90. The van der Waals surface area contributed by atoms with E-state index in [9.17, 15) is 5.11 Å². The number of aromatic nitrogens is 1. The standard InChI is InChI=1S/C11H14N2O/c1-8-11(3-2-4-13-8)9-5-10(14)7-12-6-9/h2-5,10,12,14H,6-7H2,1H3. The van der Waals surface area contributed by atoms with Crippen molar-refractivity contribution < 1.29 is 5.11 Å². The molecule has 1 unspecified atom stereocenters. The summed E-state index contributed by atoms with van der Waals surface area (Å²) < 4.78 is 0. The quantitative estimate of drug-likeness (QED) is 0.686. The van der Waals surface area contributed by atoms with Crippen LogP contribution in [0.2, 0.25) is 0 Å². The molecular weight excluding hydrogens is 176 g/mol. The van der Waals surface area contributed by atoms with Gasteiger partial charge in [-0.25, -0.2) is 0 Å². The van der Waals surface area contributed by atoms with Gasteiger partial charge in [-0.05, 0) is 30.2 Å². The molecule has 1 aliphatic rings. The van der Waals surface area contributed by atoms with E-state index in [1.165, 1.54) is 0 Å². The van der Waals surface area contributed by atoms with Crippen LogP contribution in [-0.2, 0) is 0 Å². The lowest BCUT2D eigenvalue weighted by Crippen LogP contribution is -2.31. The number of rotatable bonds is 1. The number of nitrogens with zero attached hydrogens (tertiary/aromatic N) is 1. The number of hydrogen-bond acceptors (Lipinski definition) is 3. The first kappa shape index (κ1) is 9.37. The molecule has 0 saturated carbocycles. The molecule has 1 atom stereocenters. The molecule has 2 heterocycles. The summed E-state index contributed by atoms with van der Waals surface area (Å²) in [7, 11) is 0. The maximum Gasteiger partial charge on any atom is 0.0851 e. The van der Waals surface area contributed by atoms with Crippen molar-refractivity contribution in [2.24, 2.45) is 0 Å². The van der Waals surface area contributed by atoms with Crippen molar-refractivity contribution in [2.45, 2.75) is 13.0 Å². The summed E-state index contributed by atoms with van der Waals surface area (Å²) in [6.45, 7) is 3.43. The molecule has 0 aromatic carbocycles. The zero-order valence-electron chi connectivity index (χ0n) is 8.20. The molecule has 3 heteroatoms. The fourth-order valence-corrected chi connectivity index (χ4v) is 1.71. The third-order valence-electron chi connectivity index (χ3n) is 2.42. The van der Waals surface area contributed by atoms with Gasteiger partial charge in [0.05, 0.1) is 6.10 Å².